The van der Waals surface area contributed by atoms with Crippen LogP contribution in [0.15, 0.2) is 41.9 Å². The molecule has 0 N–H and O–H groups in total. The fraction of sp³-hybridized carbons (Fsp3) is 0.444. The summed E-state index contributed by atoms with van der Waals surface area (Å²) >= 11 is 1.48. The third kappa shape index (κ3) is 4.12. The van der Waals surface area contributed by atoms with Crippen molar-refractivity contribution in [2.24, 2.45) is 0 Å². The summed E-state index contributed by atoms with van der Waals surface area (Å²) < 4.78 is 0. The average Bonchev–Trinajstić information content (AvgIpc) is 2.67. The van der Waals surface area contributed by atoms with E-state index in [1.54, 1.807) is 12.4 Å². The third-order valence-electron chi connectivity index (χ3n) is 4.41. The zero-order valence-electron chi connectivity index (χ0n) is 13.9. The number of aryl methyl sites for hydroxylation is 1. The molecule has 0 saturated carbocycles. The van der Waals surface area contributed by atoms with Gasteiger partial charge in [0.25, 0.3) is 5.91 Å². The van der Waals surface area contributed by atoms with Crippen molar-refractivity contribution in [3.05, 3.63) is 48.0 Å². The maximum atomic E-state index is 12.8. The Labute approximate surface area is 146 Å². The van der Waals surface area contributed by atoms with Crippen LogP contribution in [0.3, 0.4) is 0 Å². The van der Waals surface area contributed by atoms with E-state index in [4.69, 9.17) is 0 Å². The van der Waals surface area contributed by atoms with Gasteiger partial charge in [-0.2, -0.15) is 0 Å². The Hall–Kier alpha value is -1.95. The van der Waals surface area contributed by atoms with Crippen molar-refractivity contribution < 1.29 is 4.79 Å². The van der Waals surface area contributed by atoms with Gasteiger partial charge in [0.05, 0.1) is 5.56 Å². The Balaban J connectivity index is 1.67. The van der Waals surface area contributed by atoms with Crippen LogP contribution in [0.5, 0.6) is 0 Å². The first-order valence-corrected chi connectivity index (χ1v) is 9.57. The molecule has 0 spiro atoms. The van der Waals surface area contributed by atoms with Gasteiger partial charge < -0.3 is 4.90 Å². The minimum atomic E-state index is 0.0494. The van der Waals surface area contributed by atoms with Gasteiger partial charge in [-0.05, 0) is 50.5 Å². The lowest BCUT2D eigenvalue weighted by Crippen LogP contribution is -2.44. The number of amides is 1. The smallest absolute Gasteiger partial charge is 0.257 e. The molecule has 1 aliphatic rings. The molecular formula is C18H22N4OS. The summed E-state index contributed by atoms with van der Waals surface area (Å²) in [5, 5.41) is 0.692. The molecule has 0 bridgehead atoms. The number of aromatic nitrogens is 3. The standard InChI is InChI=1S/C18H22N4OS/c1-24-18-20-12-14(13-21-18)17(23)22-11-5-3-7-16(22)9-8-15-6-2-4-10-19-15/h2,4,6,10,12-13,16H,3,5,7-9,11H2,1H3. The molecule has 0 radical (unpaired) electrons. The van der Waals surface area contributed by atoms with Crippen molar-refractivity contribution in [3.63, 3.8) is 0 Å². The second kappa shape index (κ2) is 8.24. The molecule has 24 heavy (non-hydrogen) atoms. The number of hydrogen-bond donors (Lipinski definition) is 0. The Morgan fingerprint density at radius 3 is 2.79 bits per heavy atom. The molecule has 0 aliphatic carbocycles. The van der Waals surface area contributed by atoms with Crippen LogP contribution < -0.4 is 0 Å². The number of thioether (sulfide) groups is 1. The number of hydrogen-bond acceptors (Lipinski definition) is 5. The number of pyridine rings is 1. The fourth-order valence-electron chi connectivity index (χ4n) is 3.13. The molecule has 1 fully saturated rings. The molecule has 1 saturated heterocycles. The Morgan fingerprint density at radius 1 is 1.25 bits per heavy atom. The van der Waals surface area contributed by atoms with Gasteiger partial charge in [0.2, 0.25) is 0 Å². The van der Waals surface area contributed by atoms with Crippen molar-refractivity contribution in [1.29, 1.82) is 0 Å². The highest BCUT2D eigenvalue weighted by Gasteiger charge is 2.27. The van der Waals surface area contributed by atoms with E-state index in [0.717, 1.165) is 37.9 Å². The molecule has 1 atom stereocenters. The number of carbonyl (C=O) groups excluding carboxylic acids is 1. The quantitative estimate of drug-likeness (QED) is 0.617. The summed E-state index contributed by atoms with van der Waals surface area (Å²) in [5.41, 5.74) is 1.67. The highest BCUT2D eigenvalue weighted by atomic mass is 32.2. The lowest BCUT2D eigenvalue weighted by molar-refractivity contribution is 0.0600. The lowest BCUT2D eigenvalue weighted by Gasteiger charge is -2.35. The van der Waals surface area contributed by atoms with Crippen molar-refractivity contribution in [3.8, 4) is 0 Å². The van der Waals surface area contributed by atoms with E-state index >= 15 is 0 Å². The number of carbonyl (C=O) groups is 1. The minimum Gasteiger partial charge on any atom is -0.336 e. The van der Waals surface area contributed by atoms with Crippen molar-refractivity contribution in [2.75, 3.05) is 12.8 Å². The Morgan fingerprint density at radius 2 is 2.08 bits per heavy atom. The fourth-order valence-corrected chi connectivity index (χ4v) is 3.44. The van der Waals surface area contributed by atoms with Gasteiger partial charge in [0, 0.05) is 36.9 Å². The molecule has 6 heteroatoms. The van der Waals surface area contributed by atoms with Gasteiger partial charge in [-0.3, -0.25) is 9.78 Å². The van der Waals surface area contributed by atoms with E-state index in [1.807, 2.05) is 35.6 Å². The monoisotopic (exact) mass is 342 g/mol. The highest BCUT2D eigenvalue weighted by Crippen LogP contribution is 2.23. The molecule has 2 aromatic heterocycles. The van der Waals surface area contributed by atoms with Crippen LogP contribution in [0, 0.1) is 0 Å². The molecule has 2 aromatic rings. The number of likely N-dealkylation sites (tertiary alicyclic amines) is 1. The van der Waals surface area contributed by atoms with E-state index in [-0.39, 0.29) is 11.9 Å². The van der Waals surface area contributed by atoms with Crippen LogP contribution in [0.1, 0.15) is 41.7 Å². The summed E-state index contributed by atoms with van der Waals surface area (Å²) in [6.45, 7) is 0.815. The molecule has 1 aliphatic heterocycles. The zero-order chi connectivity index (χ0) is 16.8. The van der Waals surface area contributed by atoms with E-state index in [1.165, 1.54) is 18.2 Å². The van der Waals surface area contributed by atoms with Gasteiger partial charge in [0.1, 0.15) is 0 Å². The summed E-state index contributed by atoms with van der Waals surface area (Å²) in [6, 6.07) is 6.26. The molecule has 5 nitrogen and oxygen atoms in total. The topological polar surface area (TPSA) is 59.0 Å². The molecule has 3 heterocycles. The SMILES string of the molecule is CSc1ncc(C(=O)N2CCCCC2CCc2ccccn2)cn1. The Bertz CT molecular complexity index is 662. The summed E-state index contributed by atoms with van der Waals surface area (Å²) in [4.78, 5) is 27.7. The van der Waals surface area contributed by atoms with E-state index in [9.17, 15) is 4.79 Å². The largest absolute Gasteiger partial charge is 0.336 e. The zero-order valence-corrected chi connectivity index (χ0v) is 14.7. The molecule has 1 amide bonds. The van der Waals surface area contributed by atoms with Crippen LogP contribution in [0.25, 0.3) is 0 Å². The van der Waals surface area contributed by atoms with Crippen LogP contribution in [-0.2, 0) is 6.42 Å². The summed E-state index contributed by atoms with van der Waals surface area (Å²) in [6.07, 6.45) is 12.2. The molecular weight excluding hydrogens is 320 g/mol. The van der Waals surface area contributed by atoms with Gasteiger partial charge in [-0.15, -0.1) is 0 Å². The summed E-state index contributed by atoms with van der Waals surface area (Å²) in [5.74, 6) is 0.0494. The summed E-state index contributed by atoms with van der Waals surface area (Å²) in [7, 11) is 0. The molecule has 126 valence electrons. The highest BCUT2D eigenvalue weighted by molar-refractivity contribution is 7.98. The van der Waals surface area contributed by atoms with Crippen LogP contribution in [0.4, 0.5) is 0 Å². The first-order valence-electron chi connectivity index (χ1n) is 8.35. The second-order valence-corrected chi connectivity index (χ2v) is 6.74. The molecule has 3 rings (SSSR count). The van der Waals surface area contributed by atoms with Crippen molar-refractivity contribution >= 4 is 17.7 Å². The Kier molecular flexibility index (Phi) is 5.80. The normalized spacial score (nSPS) is 17.7. The van der Waals surface area contributed by atoms with Crippen LogP contribution >= 0.6 is 11.8 Å². The van der Waals surface area contributed by atoms with Crippen LogP contribution in [0.2, 0.25) is 0 Å². The number of piperidine rings is 1. The third-order valence-corrected chi connectivity index (χ3v) is 4.98. The van der Waals surface area contributed by atoms with Crippen LogP contribution in [-0.4, -0.2) is 44.6 Å². The van der Waals surface area contributed by atoms with Crippen molar-refractivity contribution in [1.82, 2.24) is 19.9 Å². The predicted molar refractivity (Wildman–Crippen MR) is 95.0 cm³/mol. The van der Waals surface area contributed by atoms with Gasteiger partial charge in [-0.1, -0.05) is 17.8 Å². The maximum Gasteiger partial charge on any atom is 0.257 e. The minimum absolute atomic E-state index is 0.0494. The van der Waals surface area contributed by atoms with Gasteiger partial charge >= 0.3 is 0 Å². The molecule has 1 unspecified atom stereocenters. The van der Waals surface area contributed by atoms with E-state index < -0.39 is 0 Å². The van der Waals surface area contributed by atoms with Gasteiger partial charge in [-0.25, -0.2) is 9.97 Å². The predicted octanol–water partition coefficient (Wildman–Crippen LogP) is 3.22. The lowest BCUT2D eigenvalue weighted by atomic mass is 9.96. The van der Waals surface area contributed by atoms with Gasteiger partial charge in [0.15, 0.2) is 5.16 Å². The first kappa shape index (κ1) is 16.9. The van der Waals surface area contributed by atoms with Crippen molar-refractivity contribution in [2.45, 2.75) is 43.3 Å². The first-order chi connectivity index (χ1) is 11.8. The van der Waals surface area contributed by atoms with E-state index in [2.05, 4.69) is 15.0 Å². The number of nitrogens with zero attached hydrogens (tertiary/aromatic N) is 4. The second-order valence-electron chi connectivity index (χ2n) is 5.97. The average molecular weight is 342 g/mol. The van der Waals surface area contributed by atoms with E-state index in [0.29, 0.717) is 10.7 Å². The molecule has 0 aromatic carbocycles. The maximum absolute atomic E-state index is 12.8. The number of rotatable bonds is 5.